The molecule has 2 saturated heterocycles. The molecule has 0 aromatic heterocycles. The number of hydrogen-bond acceptors (Lipinski definition) is 2. The molecule has 0 N–H and O–H groups in total. The lowest BCUT2D eigenvalue weighted by Crippen LogP contribution is -2.53. The van der Waals surface area contributed by atoms with Crippen molar-refractivity contribution in [2.45, 2.75) is 50.3 Å². The van der Waals surface area contributed by atoms with E-state index in [4.69, 9.17) is 17.3 Å². The summed E-state index contributed by atoms with van der Waals surface area (Å²) in [5.74, 6) is -0.316. The quantitative estimate of drug-likeness (QED) is 0.625. The van der Waals surface area contributed by atoms with Crippen molar-refractivity contribution in [1.82, 2.24) is 0 Å². The molecule has 2 bridgehead atoms. The zero-order valence-electron chi connectivity index (χ0n) is 8.54. The number of hydrogen-bond donors (Lipinski definition) is 0. The van der Waals surface area contributed by atoms with Crippen LogP contribution in [0.2, 0.25) is 0 Å². The van der Waals surface area contributed by atoms with E-state index in [0.717, 1.165) is 0 Å². The molecule has 2 unspecified atom stereocenters. The first kappa shape index (κ1) is 11.3. The van der Waals surface area contributed by atoms with E-state index >= 15 is 0 Å². The van der Waals surface area contributed by atoms with Gasteiger partial charge in [-0.05, 0) is 6.42 Å². The fraction of sp³-hybridized carbons (Fsp3) is 1.00. The minimum absolute atomic E-state index is 0.253. The Bertz CT molecular complexity index is 271. The SMILES string of the molecule is [B][C@@H]1O[C@@]2(CC)C(C(F)(F)F)OC1[C@H]2C. The molecule has 15 heavy (non-hydrogen) atoms. The normalized spacial score (nSPS) is 49.9. The smallest absolute Gasteiger partial charge is 0.375 e. The number of ether oxygens (including phenoxy) is 2. The van der Waals surface area contributed by atoms with Crippen molar-refractivity contribution in [1.29, 1.82) is 0 Å². The lowest BCUT2D eigenvalue weighted by atomic mass is 9.81. The molecule has 84 valence electrons. The number of fused-ring (bicyclic) bond motifs is 2. The highest BCUT2D eigenvalue weighted by Gasteiger charge is 2.69. The van der Waals surface area contributed by atoms with Crippen molar-refractivity contribution < 1.29 is 22.6 Å². The Kier molecular flexibility index (Phi) is 2.36. The predicted octanol–water partition coefficient (Wildman–Crippen LogP) is 1.63. The van der Waals surface area contributed by atoms with Crippen LogP contribution in [0, 0.1) is 5.92 Å². The molecule has 0 spiro atoms. The average molecular weight is 220 g/mol. The zero-order valence-corrected chi connectivity index (χ0v) is 8.54. The molecule has 2 rings (SSSR count). The van der Waals surface area contributed by atoms with Crippen LogP contribution in [-0.2, 0) is 9.47 Å². The molecule has 0 aliphatic carbocycles. The van der Waals surface area contributed by atoms with E-state index in [1.165, 1.54) is 0 Å². The summed E-state index contributed by atoms with van der Waals surface area (Å²) in [7, 11) is 5.56. The first-order valence-electron chi connectivity index (χ1n) is 4.98. The third-order valence-corrected chi connectivity index (χ3v) is 3.53. The molecule has 2 aliphatic heterocycles. The van der Waals surface area contributed by atoms with Gasteiger partial charge in [-0.15, -0.1) is 0 Å². The Morgan fingerprint density at radius 1 is 1.40 bits per heavy atom. The van der Waals surface area contributed by atoms with Crippen LogP contribution in [0.5, 0.6) is 0 Å². The molecule has 0 saturated carbocycles. The Morgan fingerprint density at radius 3 is 2.40 bits per heavy atom. The van der Waals surface area contributed by atoms with Gasteiger partial charge in [-0.3, -0.25) is 0 Å². The lowest BCUT2D eigenvalue weighted by Gasteiger charge is -2.37. The maximum Gasteiger partial charge on any atom is 0.417 e. The lowest BCUT2D eigenvalue weighted by molar-refractivity contribution is -0.287. The number of alkyl halides is 3. The van der Waals surface area contributed by atoms with Gasteiger partial charge in [0, 0.05) is 11.9 Å². The first-order chi connectivity index (χ1) is 6.83. The van der Waals surface area contributed by atoms with Gasteiger partial charge < -0.3 is 9.47 Å². The van der Waals surface area contributed by atoms with Gasteiger partial charge in [-0.2, -0.15) is 13.2 Å². The summed E-state index contributed by atoms with van der Waals surface area (Å²) in [6, 6.07) is -0.737. The van der Waals surface area contributed by atoms with Crippen molar-refractivity contribution >= 4 is 7.85 Å². The summed E-state index contributed by atoms with van der Waals surface area (Å²) in [5, 5.41) is 0. The second kappa shape index (κ2) is 3.14. The first-order valence-corrected chi connectivity index (χ1v) is 4.98. The van der Waals surface area contributed by atoms with Gasteiger partial charge in [-0.1, -0.05) is 13.8 Å². The van der Waals surface area contributed by atoms with Crippen LogP contribution in [0.4, 0.5) is 13.2 Å². The van der Waals surface area contributed by atoms with Gasteiger partial charge >= 0.3 is 6.18 Å². The number of halogens is 3. The Hall–Kier alpha value is -0.225. The summed E-state index contributed by atoms with van der Waals surface area (Å²) >= 11 is 0. The van der Waals surface area contributed by atoms with Gasteiger partial charge in [0.1, 0.15) is 13.4 Å². The second-order valence-electron chi connectivity index (χ2n) is 4.20. The van der Waals surface area contributed by atoms with E-state index in [1.54, 1.807) is 13.8 Å². The summed E-state index contributed by atoms with van der Waals surface area (Å²) in [4.78, 5) is 0. The van der Waals surface area contributed by atoms with Crippen LogP contribution < -0.4 is 0 Å². The van der Waals surface area contributed by atoms with Crippen molar-refractivity contribution in [2.75, 3.05) is 0 Å². The van der Waals surface area contributed by atoms with E-state index in [-0.39, 0.29) is 12.3 Å². The Labute approximate surface area is 87.5 Å². The van der Waals surface area contributed by atoms with Crippen LogP contribution in [0.1, 0.15) is 20.3 Å². The maximum atomic E-state index is 12.7. The second-order valence-corrected chi connectivity index (χ2v) is 4.20. The highest BCUT2D eigenvalue weighted by Crippen LogP contribution is 2.53. The molecule has 2 heterocycles. The third-order valence-electron chi connectivity index (χ3n) is 3.53. The van der Waals surface area contributed by atoms with E-state index in [0.29, 0.717) is 0 Å². The van der Waals surface area contributed by atoms with Crippen molar-refractivity contribution in [3.63, 3.8) is 0 Å². The Balaban J connectivity index is 2.33. The summed E-state index contributed by atoms with van der Waals surface area (Å²) in [6.07, 6.45) is -6.62. The van der Waals surface area contributed by atoms with Crippen LogP contribution in [0.25, 0.3) is 0 Å². The maximum absolute atomic E-state index is 12.7. The van der Waals surface area contributed by atoms with Crippen LogP contribution in [0.15, 0.2) is 0 Å². The zero-order chi connectivity index (χ0) is 11.4. The Morgan fingerprint density at radius 2 is 2.00 bits per heavy atom. The fourth-order valence-corrected chi connectivity index (χ4v) is 2.70. The van der Waals surface area contributed by atoms with Crippen molar-refractivity contribution in [3.05, 3.63) is 0 Å². The molecule has 2 aliphatic rings. The molecule has 2 nitrogen and oxygen atoms in total. The highest BCUT2D eigenvalue weighted by molar-refractivity contribution is 6.11. The van der Waals surface area contributed by atoms with Crippen LogP contribution in [-0.4, -0.2) is 37.8 Å². The van der Waals surface area contributed by atoms with Gasteiger partial charge in [0.05, 0.1) is 6.10 Å². The monoisotopic (exact) mass is 220 g/mol. The number of rotatable bonds is 1. The van der Waals surface area contributed by atoms with E-state index in [2.05, 4.69) is 0 Å². The predicted molar refractivity (Wildman–Crippen MR) is 47.5 cm³/mol. The van der Waals surface area contributed by atoms with E-state index in [1.807, 2.05) is 0 Å². The summed E-state index contributed by atoms with van der Waals surface area (Å²) < 4.78 is 48.4. The molecular weight excluding hydrogens is 208 g/mol. The molecule has 2 fully saturated rings. The third kappa shape index (κ3) is 1.34. The van der Waals surface area contributed by atoms with Gasteiger partial charge in [0.25, 0.3) is 0 Å². The fourth-order valence-electron chi connectivity index (χ4n) is 2.70. The van der Waals surface area contributed by atoms with Gasteiger partial charge in [0.15, 0.2) is 6.10 Å². The van der Waals surface area contributed by atoms with Crippen molar-refractivity contribution in [2.24, 2.45) is 5.92 Å². The highest BCUT2D eigenvalue weighted by atomic mass is 19.4. The molecule has 0 aromatic rings. The minimum atomic E-state index is -4.39. The molecule has 0 aromatic carbocycles. The molecule has 5 atom stereocenters. The summed E-state index contributed by atoms with van der Waals surface area (Å²) in [6.45, 7) is 3.37. The minimum Gasteiger partial charge on any atom is -0.375 e. The molecule has 0 amide bonds. The standard InChI is InChI=1S/C9H12BF3O2/c1-3-8-4(2)5(6(10)15-8)14-7(8)9(11,12)13/h4-7H,3H2,1-2H3/t4-,5?,6-,7?,8-/m1/s1. The largest absolute Gasteiger partial charge is 0.417 e. The van der Waals surface area contributed by atoms with E-state index in [9.17, 15) is 13.2 Å². The summed E-state index contributed by atoms with van der Waals surface area (Å²) in [5.41, 5.74) is -1.29. The van der Waals surface area contributed by atoms with Gasteiger partial charge in [-0.25, -0.2) is 0 Å². The molecule has 6 heteroatoms. The average Bonchev–Trinajstić information content (AvgIpc) is 2.53. The van der Waals surface area contributed by atoms with Crippen molar-refractivity contribution in [3.8, 4) is 0 Å². The topological polar surface area (TPSA) is 18.5 Å². The molecular formula is C9H12BF3O2. The van der Waals surface area contributed by atoms with Gasteiger partial charge in [0.2, 0.25) is 0 Å². The van der Waals surface area contributed by atoms with E-state index < -0.39 is 30.0 Å². The molecule has 2 radical (unpaired) electrons. The van der Waals surface area contributed by atoms with Crippen LogP contribution >= 0.6 is 0 Å². The van der Waals surface area contributed by atoms with Crippen LogP contribution in [0.3, 0.4) is 0 Å².